The lowest BCUT2D eigenvalue weighted by atomic mass is 9.80. The quantitative estimate of drug-likeness (QED) is 0.0903. The molecular weight excluding hydrogens is 1690 g/mol. The molecule has 0 unspecified atom stereocenters. The molecule has 0 aliphatic carbocycles. The topological polar surface area (TPSA) is 32.8 Å². The van der Waals surface area contributed by atoms with Gasteiger partial charge >= 0.3 is 0 Å². The van der Waals surface area contributed by atoms with Crippen molar-refractivity contribution in [3.63, 3.8) is 0 Å². The molecule has 4 nitrogen and oxygen atoms in total. The van der Waals surface area contributed by atoms with E-state index in [0.29, 0.717) is 0 Å². The number of hydrogen-bond acceptors (Lipinski definition) is 6. The number of rotatable bonds is 16. The van der Waals surface area contributed by atoms with Crippen LogP contribution in [0.4, 0.5) is 34.1 Å². The Balaban J connectivity index is 0.000000153. The molecule has 6 heteroatoms. The van der Waals surface area contributed by atoms with Crippen molar-refractivity contribution in [3.8, 4) is 22.3 Å². The standard InChI is InChI=1S/C66H62O2.C64H56N2S2/c1-11-37-19-17-20-38(12-2)59(37)49-35-55-62-52(34-54-48-30-44-28-46(66(9,10)16-6)26-24-42(44)32-58(48)67-63(54)55)50(60-39(13-3)21-18-22-40(60)14-4)36-56-61(62)51(49)33-53-47-29-43-27-45(65(7,8)15-5)25-23-41(43)31-57(47)68-64(53)56;1-37-11-21-43(22-12-37)65(44-23-13-38(2)14-24-44)55-35-53-60-52(34-50-48-32-42(64(8,9)10)20-30-58(48)67-61(50)53)56(66(45-25-15-39(3)16-26-45)46-27-17-40(4)18-28-46)36-54-59(60)51(55)33-49-47-31-41(63(5,6)7)19-29-57(47)68-62(49)54/h17-36H,11-16H2,1-10H3;11-36H,1-10H3. The van der Waals surface area contributed by atoms with Crippen LogP contribution >= 0.6 is 22.7 Å². The summed E-state index contributed by atoms with van der Waals surface area (Å²) in [6.07, 6.45) is 5.92. The number of fused-ring (bicyclic) bond motifs is 18. The van der Waals surface area contributed by atoms with E-state index in [4.69, 9.17) is 8.83 Å². The second-order valence-electron chi connectivity index (χ2n) is 42.5. The average molecular weight is 1800 g/mol. The third-order valence-corrected chi connectivity index (χ3v) is 33.6. The molecule has 0 N–H and O–H groups in total. The predicted molar refractivity (Wildman–Crippen MR) is 596 cm³/mol. The van der Waals surface area contributed by atoms with Gasteiger partial charge in [0.2, 0.25) is 0 Å². The van der Waals surface area contributed by atoms with Crippen LogP contribution in [0.1, 0.15) is 190 Å². The molecule has 0 aliphatic rings. The van der Waals surface area contributed by atoms with E-state index >= 15 is 0 Å². The van der Waals surface area contributed by atoms with Gasteiger partial charge in [0.15, 0.2) is 0 Å². The first-order chi connectivity index (χ1) is 65.5. The summed E-state index contributed by atoms with van der Waals surface area (Å²) < 4.78 is 19.8. The summed E-state index contributed by atoms with van der Waals surface area (Å²) in [6, 6.07) is 108. The highest BCUT2D eigenvalue weighted by atomic mass is 32.1. The van der Waals surface area contributed by atoms with Crippen molar-refractivity contribution < 1.29 is 8.83 Å². The zero-order valence-corrected chi connectivity index (χ0v) is 84.0. The van der Waals surface area contributed by atoms with Gasteiger partial charge in [-0.05, 0) is 333 Å². The summed E-state index contributed by atoms with van der Waals surface area (Å²) in [5, 5.41) is 29.9. The molecule has 0 saturated carbocycles. The molecule has 0 spiro atoms. The second-order valence-corrected chi connectivity index (χ2v) is 44.6. The van der Waals surface area contributed by atoms with Gasteiger partial charge in [0.05, 0.1) is 11.4 Å². The van der Waals surface area contributed by atoms with E-state index in [0.717, 1.165) is 116 Å². The molecule has 4 heterocycles. The minimum Gasteiger partial charge on any atom is -0.455 e. The maximum absolute atomic E-state index is 7.27. The van der Waals surface area contributed by atoms with Crippen LogP contribution in [0.3, 0.4) is 0 Å². The van der Waals surface area contributed by atoms with E-state index in [1.165, 1.54) is 216 Å². The van der Waals surface area contributed by atoms with Gasteiger partial charge in [0.1, 0.15) is 22.3 Å². The SMILES string of the molecule is CCc1cccc(CC)c1-c1cc2c3oc4cc5ccc(C(C)(C)CC)cc5cc4c3cc3c(-c4c(CC)cccc4CC)cc4c5oc6cc7ccc(C(C)(C)CC)cc7cc6c5cc1c4c32.Cc1ccc(N(c2ccc(C)cc2)c2cc3c4sc5ccc(C(C)(C)C)cc5c4cc4c(N(c5ccc(C)cc5)c5ccc(C)cc5)cc5c6sc7ccc(C(C)(C)C)cc7c6cc2c5c43)cc1. The zero-order chi connectivity index (χ0) is 93.9. The van der Waals surface area contributed by atoms with Crippen LogP contribution in [0.25, 0.3) is 193 Å². The lowest BCUT2D eigenvalue weighted by Gasteiger charge is -2.31. The summed E-state index contributed by atoms with van der Waals surface area (Å²) in [6.45, 7) is 45.9. The van der Waals surface area contributed by atoms with E-state index in [-0.39, 0.29) is 21.7 Å². The highest BCUT2D eigenvalue weighted by molar-refractivity contribution is 7.27. The molecule has 0 aliphatic heterocycles. The molecular formula is C130H118N2O2S2. The average Bonchev–Trinajstić information content (AvgIpc) is 1.41. The van der Waals surface area contributed by atoms with Gasteiger partial charge in [-0.25, -0.2) is 0 Å². The van der Waals surface area contributed by atoms with Gasteiger partial charge in [-0.2, -0.15) is 0 Å². The summed E-state index contributed by atoms with van der Waals surface area (Å²) in [5.74, 6) is 0. The van der Waals surface area contributed by atoms with Crippen LogP contribution in [-0.4, -0.2) is 0 Å². The Morgan fingerprint density at radius 1 is 0.257 bits per heavy atom. The predicted octanol–water partition coefficient (Wildman–Crippen LogP) is 39.7. The van der Waals surface area contributed by atoms with Gasteiger partial charge in [-0.15, -0.1) is 22.7 Å². The molecule has 0 radical (unpaired) electrons. The van der Waals surface area contributed by atoms with E-state index in [2.05, 4.69) is 427 Å². The van der Waals surface area contributed by atoms with Crippen molar-refractivity contribution in [1.29, 1.82) is 0 Å². The van der Waals surface area contributed by atoms with Crippen LogP contribution in [-0.2, 0) is 47.3 Å². The molecule has 0 bridgehead atoms. The number of nitrogens with zero attached hydrogens (tertiary/aromatic N) is 2. The molecule has 136 heavy (non-hydrogen) atoms. The molecule has 672 valence electrons. The molecule has 0 fully saturated rings. The van der Waals surface area contributed by atoms with E-state index in [1.807, 2.05) is 22.7 Å². The summed E-state index contributed by atoms with van der Waals surface area (Å²) in [5.41, 5.74) is 32.0. The molecule has 20 aromatic carbocycles. The van der Waals surface area contributed by atoms with E-state index < -0.39 is 0 Å². The normalized spacial score (nSPS) is 12.7. The molecule has 0 amide bonds. The van der Waals surface area contributed by atoms with Crippen molar-refractivity contribution in [3.05, 3.63) is 346 Å². The van der Waals surface area contributed by atoms with E-state index in [1.54, 1.807) is 0 Å². The Hall–Kier alpha value is -13.4. The largest absolute Gasteiger partial charge is 0.455 e. The Bertz CT molecular complexity index is 8360. The van der Waals surface area contributed by atoms with Gasteiger partial charge in [-0.3, -0.25) is 0 Å². The van der Waals surface area contributed by atoms with Crippen LogP contribution in [0.2, 0.25) is 0 Å². The number of furan rings is 2. The maximum atomic E-state index is 7.27. The Morgan fingerprint density at radius 2 is 0.581 bits per heavy atom. The Labute approximate surface area is 806 Å². The molecule has 24 aromatic rings. The Morgan fingerprint density at radius 3 is 0.904 bits per heavy atom. The minimum atomic E-state index is 0.0103. The van der Waals surface area contributed by atoms with Crippen molar-refractivity contribution in [2.45, 2.75) is 199 Å². The monoisotopic (exact) mass is 1800 g/mol. The first-order valence-electron chi connectivity index (χ1n) is 49.5. The highest BCUT2D eigenvalue weighted by Gasteiger charge is 2.33. The number of benzene rings is 20. The zero-order valence-electron chi connectivity index (χ0n) is 82.3. The van der Waals surface area contributed by atoms with Crippen molar-refractivity contribution >= 4 is 227 Å². The van der Waals surface area contributed by atoms with Gasteiger partial charge in [-0.1, -0.05) is 266 Å². The number of aryl methyl sites for hydroxylation is 8. The Kier molecular flexibility index (Phi) is 20.5. The van der Waals surface area contributed by atoms with Gasteiger partial charge in [0.25, 0.3) is 0 Å². The summed E-state index contributed by atoms with van der Waals surface area (Å²) in [4.78, 5) is 5.04. The third kappa shape index (κ3) is 13.9. The summed E-state index contributed by atoms with van der Waals surface area (Å²) in [7, 11) is 0. The number of anilines is 6. The smallest absolute Gasteiger partial charge is 0.143 e. The lowest BCUT2D eigenvalue weighted by molar-refractivity contribution is 0.507. The van der Waals surface area contributed by atoms with Crippen LogP contribution in [0.5, 0.6) is 0 Å². The second kappa shape index (κ2) is 32.2. The molecule has 0 saturated heterocycles. The van der Waals surface area contributed by atoms with E-state index in [9.17, 15) is 0 Å². The van der Waals surface area contributed by atoms with Crippen molar-refractivity contribution in [2.24, 2.45) is 0 Å². The molecule has 0 atom stereocenters. The minimum absolute atomic E-state index is 0.0103. The number of hydrogen-bond donors (Lipinski definition) is 0. The lowest BCUT2D eigenvalue weighted by Crippen LogP contribution is -2.15. The molecule has 24 rings (SSSR count). The first-order valence-corrected chi connectivity index (χ1v) is 51.1. The fraction of sp³-hybridized carbons (Fsp3) is 0.231. The van der Waals surface area contributed by atoms with Crippen LogP contribution in [0.15, 0.2) is 288 Å². The maximum Gasteiger partial charge on any atom is 0.143 e. The number of thiophene rings is 2. The van der Waals surface area contributed by atoms with Crippen LogP contribution < -0.4 is 9.80 Å². The van der Waals surface area contributed by atoms with Gasteiger partial charge < -0.3 is 18.6 Å². The molecule has 4 aromatic heterocycles. The van der Waals surface area contributed by atoms with Gasteiger partial charge in [0, 0.05) is 139 Å². The third-order valence-electron chi connectivity index (χ3n) is 31.1. The first kappa shape index (κ1) is 86.7. The highest BCUT2D eigenvalue weighted by Crippen LogP contribution is 2.59. The van der Waals surface area contributed by atoms with Crippen molar-refractivity contribution in [1.82, 2.24) is 0 Å². The fourth-order valence-corrected chi connectivity index (χ4v) is 24.7. The fourth-order valence-electron chi connectivity index (χ4n) is 22.3. The van der Waals surface area contributed by atoms with Crippen molar-refractivity contribution in [2.75, 3.05) is 9.80 Å². The summed E-state index contributed by atoms with van der Waals surface area (Å²) >= 11 is 3.88. The van der Waals surface area contributed by atoms with Crippen LogP contribution in [0, 0.1) is 27.7 Å².